The van der Waals surface area contributed by atoms with Crippen LogP contribution in [0.2, 0.25) is 0 Å². The molecule has 0 amide bonds. The highest BCUT2D eigenvalue weighted by atomic mass is 16.5. The van der Waals surface area contributed by atoms with Gasteiger partial charge in [-0.3, -0.25) is 0 Å². The summed E-state index contributed by atoms with van der Waals surface area (Å²) in [5, 5.41) is 3.54. The quantitative estimate of drug-likeness (QED) is 0.876. The molecule has 4 unspecified atom stereocenters. The van der Waals surface area contributed by atoms with Crippen LogP contribution in [0.4, 0.5) is 0 Å². The van der Waals surface area contributed by atoms with Crippen LogP contribution >= 0.6 is 0 Å². The van der Waals surface area contributed by atoms with Gasteiger partial charge in [0.05, 0.1) is 6.10 Å². The highest BCUT2D eigenvalue weighted by molar-refractivity contribution is 5.19. The minimum absolute atomic E-state index is 0.142. The minimum Gasteiger partial charge on any atom is -0.375 e. The molecule has 0 aliphatic heterocycles. The van der Waals surface area contributed by atoms with Crippen molar-refractivity contribution in [3.63, 3.8) is 0 Å². The van der Waals surface area contributed by atoms with E-state index in [9.17, 15) is 0 Å². The van der Waals surface area contributed by atoms with E-state index in [1.165, 1.54) is 24.8 Å². The molecule has 0 spiro atoms. The zero-order valence-corrected chi connectivity index (χ0v) is 13.3. The monoisotopic (exact) mass is 275 g/mol. The van der Waals surface area contributed by atoms with Gasteiger partial charge in [0, 0.05) is 13.2 Å². The molecule has 1 saturated carbocycles. The van der Waals surface area contributed by atoms with Crippen LogP contribution in [-0.2, 0) is 4.74 Å². The van der Waals surface area contributed by atoms with Crippen LogP contribution in [0.3, 0.4) is 0 Å². The number of methoxy groups -OCH3 is 1. The summed E-state index contributed by atoms with van der Waals surface area (Å²) < 4.78 is 5.85. The van der Waals surface area contributed by atoms with Crippen LogP contribution in [0, 0.1) is 17.8 Å². The lowest BCUT2D eigenvalue weighted by atomic mass is 9.72. The predicted octanol–water partition coefficient (Wildman–Crippen LogP) is 4.03. The Labute approximate surface area is 123 Å². The second-order valence-corrected chi connectivity index (χ2v) is 6.56. The van der Waals surface area contributed by atoms with Crippen molar-refractivity contribution in [1.82, 2.24) is 5.32 Å². The third kappa shape index (κ3) is 3.62. The Morgan fingerprint density at radius 3 is 2.15 bits per heavy atom. The summed E-state index contributed by atoms with van der Waals surface area (Å²) >= 11 is 0. The van der Waals surface area contributed by atoms with Gasteiger partial charge in [-0.15, -0.1) is 0 Å². The third-order valence-electron chi connectivity index (χ3n) is 4.76. The van der Waals surface area contributed by atoms with E-state index in [0.29, 0.717) is 12.0 Å². The number of rotatable bonds is 5. The van der Waals surface area contributed by atoms with Crippen molar-refractivity contribution < 1.29 is 4.74 Å². The maximum absolute atomic E-state index is 5.85. The second kappa shape index (κ2) is 7.24. The fraction of sp³-hybridized carbons (Fsp3) is 0.667. The summed E-state index contributed by atoms with van der Waals surface area (Å²) in [6.07, 6.45) is 4.13. The molecular formula is C18H29NO. The number of hydrogen-bond acceptors (Lipinski definition) is 2. The van der Waals surface area contributed by atoms with Crippen molar-refractivity contribution in [2.75, 3.05) is 14.2 Å². The van der Waals surface area contributed by atoms with Crippen molar-refractivity contribution in [3.8, 4) is 0 Å². The number of ether oxygens (including phenoxy) is 1. The molecule has 1 aliphatic rings. The molecule has 2 nitrogen and oxygen atoms in total. The molecule has 0 bridgehead atoms. The maximum Gasteiger partial charge on any atom is 0.0976 e. The molecule has 0 saturated heterocycles. The average Bonchev–Trinajstić information content (AvgIpc) is 2.44. The second-order valence-electron chi connectivity index (χ2n) is 6.56. The van der Waals surface area contributed by atoms with Crippen molar-refractivity contribution >= 4 is 0 Å². The molecule has 1 aromatic rings. The molecule has 0 heterocycles. The largest absolute Gasteiger partial charge is 0.375 e. The van der Waals surface area contributed by atoms with Gasteiger partial charge in [0.2, 0.25) is 0 Å². The number of likely N-dealkylation sites (N-methyl/N-ethyl adjacent to an activating group) is 1. The molecular weight excluding hydrogens is 246 g/mol. The summed E-state index contributed by atoms with van der Waals surface area (Å²) in [7, 11) is 3.90. The van der Waals surface area contributed by atoms with E-state index in [2.05, 4.69) is 56.5 Å². The predicted molar refractivity (Wildman–Crippen MR) is 84.7 cm³/mol. The van der Waals surface area contributed by atoms with Crippen LogP contribution < -0.4 is 5.32 Å². The van der Waals surface area contributed by atoms with Gasteiger partial charge in [0.15, 0.2) is 0 Å². The molecule has 20 heavy (non-hydrogen) atoms. The van der Waals surface area contributed by atoms with Gasteiger partial charge in [-0.2, -0.15) is 0 Å². The van der Waals surface area contributed by atoms with Gasteiger partial charge < -0.3 is 10.1 Å². The lowest BCUT2D eigenvalue weighted by molar-refractivity contribution is 0.0300. The molecule has 0 aromatic heterocycles. The Hall–Kier alpha value is -0.860. The van der Waals surface area contributed by atoms with Crippen molar-refractivity contribution in [2.45, 2.75) is 45.3 Å². The van der Waals surface area contributed by atoms with E-state index in [1.807, 2.05) is 7.11 Å². The lowest BCUT2D eigenvalue weighted by Gasteiger charge is -2.39. The van der Waals surface area contributed by atoms with E-state index in [1.54, 1.807) is 0 Å². The van der Waals surface area contributed by atoms with Crippen molar-refractivity contribution in [1.29, 1.82) is 0 Å². The molecule has 4 atom stereocenters. The summed E-state index contributed by atoms with van der Waals surface area (Å²) in [4.78, 5) is 0. The summed E-state index contributed by atoms with van der Waals surface area (Å²) in [5.74, 6) is 2.35. The van der Waals surface area contributed by atoms with Crippen molar-refractivity contribution in [3.05, 3.63) is 35.9 Å². The normalized spacial score (nSPS) is 29.9. The van der Waals surface area contributed by atoms with Gasteiger partial charge in [-0.1, -0.05) is 44.2 Å². The third-order valence-corrected chi connectivity index (χ3v) is 4.76. The van der Waals surface area contributed by atoms with Crippen LogP contribution in [0.25, 0.3) is 0 Å². The van der Waals surface area contributed by atoms with E-state index < -0.39 is 0 Å². The van der Waals surface area contributed by atoms with E-state index in [4.69, 9.17) is 4.74 Å². The zero-order valence-electron chi connectivity index (χ0n) is 13.3. The topological polar surface area (TPSA) is 21.3 Å². The Morgan fingerprint density at radius 2 is 1.65 bits per heavy atom. The first-order chi connectivity index (χ1) is 9.65. The van der Waals surface area contributed by atoms with Crippen LogP contribution in [0.15, 0.2) is 30.3 Å². The van der Waals surface area contributed by atoms with Gasteiger partial charge >= 0.3 is 0 Å². The molecule has 2 rings (SSSR count). The van der Waals surface area contributed by atoms with Crippen LogP contribution in [0.5, 0.6) is 0 Å². The Kier molecular flexibility index (Phi) is 5.62. The fourth-order valence-corrected chi connectivity index (χ4v) is 4.07. The standard InChI is InChI=1S/C18H29NO/c1-13-10-14(2)12-16(11-13)17(19-3)18(20-4)15-8-6-5-7-9-15/h5-9,13-14,16-19H,10-12H2,1-4H3. The first kappa shape index (κ1) is 15.5. The van der Waals surface area contributed by atoms with Gasteiger partial charge in [0.1, 0.15) is 0 Å². The summed E-state index contributed by atoms with van der Waals surface area (Å²) in [6.45, 7) is 4.78. The zero-order chi connectivity index (χ0) is 14.5. The number of benzene rings is 1. The first-order valence-electron chi connectivity index (χ1n) is 7.90. The highest BCUT2D eigenvalue weighted by Crippen LogP contribution is 2.38. The lowest BCUT2D eigenvalue weighted by Crippen LogP contribution is -2.42. The Morgan fingerprint density at radius 1 is 1.05 bits per heavy atom. The summed E-state index contributed by atoms with van der Waals surface area (Å²) in [5.41, 5.74) is 1.28. The maximum atomic E-state index is 5.85. The number of nitrogens with one attached hydrogen (secondary N) is 1. The molecule has 1 aromatic carbocycles. The molecule has 1 fully saturated rings. The van der Waals surface area contributed by atoms with E-state index in [0.717, 1.165) is 11.8 Å². The molecule has 2 heteroatoms. The molecule has 1 aliphatic carbocycles. The van der Waals surface area contributed by atoms with Crippen LogP contribution in [0.1, 0.15) is 44.8 Å². The SMILES string of the molecule is CNC(C1CC(C)CC(C)C1)C(OC)c1ccccc1. The van der Waals surface area contributed by atoms with Crippen molar-refractivity contribution in [2.24, 2.45) is 17.8 Å². The smallest absolute Gasteiger partial charge is 0.0976 e. The Balaban J connectivity index is 2.17. The van der Waals surface area contributed by atoms with Crippen LogP contribution in [-0.4, -0.2) is 20.2 Å². The Bertz CT molecular complexity index is 382. The minimum atomic E-state index is 0.142. The van der Waals surface area contributed by atoms with E-state index in [-0.39, 0.29) is 6.10 Å². The first-order valence-corrected chi connectivity index (χ1v) is 7.90. The average molecular weight is 275 g/mol. The van der Waals surface area contributed by atoms with Gasteiger partial charge in [-0.05, 0) is 49.6 Å². The summed E-state index contributed by atoms with van der Waals surface area (Å²) in [6, 6.07) is 11.0. The fourth-order valence-electron chi connectivity index (χ4n) is 4.07. The van der Waals surface area contributed by atoms with Gasteiger partial charge in [0.25, 0.3) is 0 Å². The van der Waals surface area contributed by atoms with Gasteiger partial charge in [-0.25, -0.2) is 0 Å². The number of hydrogen-bond donors (Lipinski definition) is 1. The molecule has 0 radical (unpaired) electrons. The molecule has 1 N–H and O–H groups in total. The molecule has 112 valence electrons. The van der Waals surface area contributed by atoms with E-state index >= 15 is 0 Å². The highest BCUT2D eigenvalue weighted by Gasteiger charge is 2.34.